The largest absolute Gasteiger partial charge is 0.497 e. The van der Waals surface area contributed by atoms with E-state index in [1.807, 2.05) is 55.5 Å². The van der Waals surface area contributed by atoms with E-state index in [1.54, 1.807) is 26.4 Å². The zero-order valence-electron chi connectivity index (χ0n) is 17.3. The third kappa shape index (κ3) is 7.07. The maximum atomic E-state index is 12.7. The van der Waals surface area contributed by atoms with Gasteiger partial charge < -0.3 is 9.47 Å². The van der Waals surface area contributed by atoms with Gasteiger partial charge in [-0.05, 0) is 54.0 Å². The van der Waals surface area contributed by atoms with Crippen molar-refractivity contribution in [2.24, 2.45) is 5.92 Å². The monoisotopic (exact) mass is 392 g/mol. The molecule has 4 nitrogen and oxygen atoms in total. The Morgan fingerprint density at radius 3 is 1.55 bits per heavy atom. The van der Waals surface area contributed by atoms with Crippen molar-refractivity contribution in [2.45, 2.75) is 26.2 Å². The van der Waals surface area contributed by atoms with Crippen molar-refractivity contribution in [2.75, 3.05) is 14.2 Å². The summed E-state index contributed by atoms with van der Waals surface area (Å²) in [5.41, 5.74) is 1.77. The SMILES string of the molecule is CCCCC(C(=O)/C=C/c1ccc(OC)cc1)C(=O)/C=C/c1ccc(OC)cc1. The van der Waals surface area contributed by atoms with Crippen LogP contribution >= 0.6 is 0 Å². The highest BCUT2D eigenvalue weighted by atomic mass is 16.5. The van der Waals surface area contributed by atoms with Gasteiger partial charge in [-0.25, -0.2) is 0 Å². The average Bonchev–Trinajstić information content (AvgIpc) is 2.77. The number of benzene rings is 2. The van der Waals surface area contributed by atoms with Crippen molar-refractivity contribution in [1.82, 2.24) is 0 Å². The van der Waals surface area contributed by atoms with Gasteiger partial charge in [0.25, 0.3) is 0 Å². The highest BCUT2D eigenvalue weighted by Crippen LogP contribution is 2.17. The number of hydrogen-bond donors (Lipinski definition) is 0. The number of methoxy groups -OCH3 is 2. The van der Waals surface area contributed by atoms with Gasteiger partial charge in [0, 0.05) is 0 Å². The molecule has 0 aliphatic heterocycles. The van der Waals surface area contributed by atoms with Gasteiger partial charge in [0.15, 0.2) is 11.6 Å². The van der Waals surface area contributed by atoms with Crippen LogP contribution in [0.15, 0.2) is 60.7 Å². The number of hydrogen-bond acceptors (Lipinski definition) is 4. The number of carbonyl (C=O) groups is 2. The lowest BCUT2D eigenvalue weighted by molar-refractivity contribution is -0.127. The van der Waals surface area contributed by atoms with Crippen molar-refractivity contribution in [3.8, 4) is 11.5 Å². The number of ether oxygens (including phenoxy) is 2. The molecule has 152 valence electrons. The number of allylic oxidation sites excluding steroid dienone is 2. The first kappa shape index (κ1) is 22.2. The second kappa shape index (κ2) is 11.6. The minimum Gasteiger partial charge on any atom is -0.497 e. The molecule has 0 spiro atoms. The molecule has 0 bridgehead atoms. The van der Waals surface area contributed by atoms with Crippen molar-refractivity contribution < 1.29 is 19.1 Å². The standard InChI is InChI=1S/C25H28O4/c1-4-5-6-23(24(26)17-11-19-7-13-21(28-2)14-8-19)25(27)18-12-20-9-15-22(29-3)16-10-20/h7-18,23H,4-6H2,1-3H3/b17-11+,18-12+. The lowest BCUT2D eigenvalue weighted by Gasteiger charge is -2.10. The van der Waals surface area contributed by atoms with Crippen LogP contribution in [0.4, 0.5) is 0 Å². The fourth-order valence-electron chi connectivity index (χ4n) is 2.85. The molecule has 0 saturated heterocycles. The van der Waals surface area contributed by atoms with Crippen molar-refractivity contribution >= 4 is 23.7 Å². The Morgan fingerprint density at radius 2 is 1.21 bits per heavy atom. The Labute approximate surface area is 172 Å². The van der Waals surface area contributed by atoms with Crippen LogP contribution in [0.2, 0.25) is 0 Å². The molecule has 0 aromatic heterocycles. The van der Waals surface area contributed by atoms with Crippen molar-refractivity contribution in [1.29, 1.82) is 0 Å². The molecule has 0 radical (unpaired) electrons. The van der Waals surface area contributed by atoms with E-state index in [0.717, 1.165) is 35.5 Å². The summed E-state index contributed by atoms with van der Waals surface area (Å²) in [7, 11) is 3.22. The highest BCUT2D eigenvalue weighted by Gasteiger charge is 2.22. The molecule has 2 aromatic carbocycles. The summed E-state index contributed by atoms with van der Waals surface area (Å²) in [6.07, 6.45) is 8.79. The molecule has 2 aromatic rings. The molecular formula is C25H28O4. The fraction of sp³-hybridized carbons (Fsp3) is 0.280. The Bertz CT molecular complexity index is 776. The molecule has 0 unspecified atom stereocenters. The first-order valence-corrected chi connectivity index (χ1v) is 9.79. The molecule has 0 N–H and O–H groups in total. The quantitative estimate of drug-likeness (QED) is 0.381. The van der Waals surface area contributed by atoms with Crippen LogP contribution in [0, 0.1) is 5.92 Å². The van der Waals surface area contributed by atoms with E-state index in [4.69, 9.17) is 9.47 Å². The first-order valence-electron chi connectivity index (χ1n) is 9.79. The van der Waals surface area contributed by atoms with E-state index < -0.39 is 5.92 Å². The van der Waals surface area contributed by atoms with E-state index in [-0.39, 0.29) is 11.6 Å². The molecule has 0 fully saturated rings. The lowest BCUT2D eigenvalue weighted by Crippen LogP contribution is -2.21. The third-order valence-electron chi connectivity index (χ3n) is 4.64. The number of unbranched alkanes of at least 4 members (excludes halogenated alkanes) is 1. The van der Waals surface area contributed by atoms with E-state index in [9.17, 15) is 9.59 Å². The van der Waals surface area contributed by atoms with E-state index >= 15 is 0 Å². The summed E-state index contributed by atoms with van der Waals surface area (Å²) in [5.74, 6) is 0.525. The summed E-state index contributed by atoms with van der Waals surface area (Å²) in [6, 6.07) is 14.8. The van der Waals surface area contributed by atoms with Gasteiger partial charge in [-0.15, -0.1) is 0 Å². The van der Waals surface area contributed by atoms with Crippen LogP contribution in [0.5, 0.6) is 11.5 Å². The average molecular weight is 392 g/mol. The summed E-state index contributed by atoms with van der Waals surface area (Å²) in [5, 5.41) is 0. The Balaban J connectivity index is 2.08. The van der Waals surface area contributed by atoms with Crippen LogP contribution in [0.1, 0.15) is 37.3 Å². The third-order valence-corrected chi connectivity index (χ3v) is 4.64. The van der Waals surface area contributed by atoms with Gasteiger partial charge in [0.1, 0.15) is 11.5 Å². The Hall–Kier alpha value is -3.14. The maximum absolute atomic E-state index is 12.7. The predicted molar refractivity (Wildman–Crippen MR) is 117 cm³/mol. The Morgan fingerprint density at radius 1 is 0.793 bits per heavy atom. The number of carbonyl (C=O) groups excluding carboxylic acids is 2. The van der Waals surface area contributed by atoms with Gasteiger partial charge in [-0.3, -0.25) is 9.59 Å². The van der Waals surface area contributed by atoms with E-state index in [1.165, 1.54) is 12.2 Å². The second-order valence-corrected chi connectivity index (χ2v) is 6.71. The predicted octanol–water partition coefficient (Wildman–Crippen LogP) is 5.38. The van der Waals surface area contributed by atoms with E-state index in [0.29, 0.717) is 6.42 Å². The lowest BCUT2D eigenvalue weighted by atomic mass is 9.91. The molecule has 0 atom stereocenters. The topological polar surface area (TPSA) is 52.6 Å². The molecule has 0 aliphatic carbocycles. The summed E-state index contributed by atoms with van der Waals surface area (Å²) in [4.78, 5) is 25.4. The minimum atomic E-state index is -0.654. The molecule has 0 aliphatic rings. The van der Waals surface area contributed by atoms with Gasteiger partial charge >= 0.3 is 0 Å². The van der Waals surface area contributed by atoms with E-state index in [2.05, 4.69) is 0 Å². The van der Waals surface area contributed by atoms with Crippen molar-refractivity contribution in [3.05, 3.63) is 71.8 Å². The van der Waals surface area contributed by atoms with Crippen molar-refractivity contribution in [3.63, 3.8) is 0 Å². The molecule has 4 heteroatoms. The molecule has 0 saturated carbocycles. The fourth-order valence-corrected chi connectivity index (χ4v) is 2.85. The van der Waals surface area contributed by atoms with Gasteiger partial charge in [-0.1, -0.05) is 56.2 Å². The molecule has 29 heavy (non-hydrogen) atoms. The smallest absolute Gasteiger partial charge is 0.166 e. The summed E-state index contributed by atoms with van der Waals surface area (Å²) >= 11 is 0. The molecular weight excluding hydrogens is 364 g/mol. The Kier molecular flexibility index (Phi) is 8.90. The van der Waals surface area contributed by atoms with Gasteiger partial charge in [-0.2, -0.15) is 0 Å². The van der Waals surface area contributed by atoms with Crippen LogP contribution in [0.25, 0.3) is 12.2 Å². The first-order chi connectivity index (χ1) is 14.1. The summed E-state index contributed by atoms with van der Waals surface area (Å²) < 4.78 is 10.3. The maximum Gasteiger partial charge on any atom is 0.166 e. The molecule has 2 rings (SSSR count). The molecule has 0 heterocycles. The number of ketones is 2. The number of rotatable bonds is 11. The zero-order chi connectivity index (χ0) is 21.1. The minimum absolute atomic E-state index is 0.168. The summed E-state index contributed by atoms with van der Waals surface area (Å²) in [6.45, 7) is 2.05. The van der Waals surface area contributed by atoms with Crippen LogP contribution in [0.3, 0.4) is 0 Å². The second-order valence-electron chi connectivity index (χ2n) is 6.71. The normalized spacial score (nSPS) is 11.3. The molecule has 0 amide bonds. The van der Waals surface area contributed by atoms with Gasteiger partial charge in [0.05, 0.1) is 20.1 Å². The van der Waals surface area contributed by atoms with Crippen LogP contribution in [-0.2, 0) is 9.59 Å². The zero-order valence-corrected chi connectivity index (χ0v) is 17.3. The van der Waals surface area contributed by atoms with Crippen LogP contribution in [-0.4, -0.2) is 25.8 Å². The van der Waals surface area contributed by atoms with Gasteiger partial charge in [0.2, 0.25) is 0 Å². The highest BCUT2D eigenvalue weighted by molar-refractivity contribution is 6.13. The van der Waals surface area contributed by atoms with Crippen LogP contribution < -0.4 is 9.47 Å².